The Balaban J connectivity index is 1.46. The molecule has 1 aliphatic carbocycles. The molecule has 6 nitrogen and oxygen atoms in total. The largest absolute Gasteiger partial charge is 0.497 e. The van der Waals surface area contributed by atoms with Crippen LogP contribution >= 0.6 is 11.3 Å². The molecule has 2 aromatic heterocycles. The Labute approximate surface area is 148 Å². The van der Waals surface area contributed by atoms with Crippen LogP contribution in [0.5, 0.6) is 11.6 Å². The van der Waals surface area contributed by atoms with Crippen LogP contribution in [0.15, 0.2) is 30.6 Å². The highest BCUT2D eigenvalue weighted by Crippen LogP contribution is 2.39. The molecule has 3 aromatic rings. The molecule has 4 rings (SSSR count). The van der Waals surface area contributed by atoms with Gasteiger partial charge >= 0.3 is 0 Å². The molecule has 1 aliphatic rings. The molecule has 25 heavy (non-hydrogen) atoms. The third-order valence-electron chi connectivity index (χ3n) is 4.18. The first-order chi connectivity index (χ1) is 12.2. The van der Waals surface area contributed by atoms with E-state index < -0.39 is 0 Å². The van der Waals surface area contributed by atoms with Crippen molar-refractivity contribution in [3.05, 3.63) is 41.0 Å². The van der Waals surface area contributed by atoms with Crippen LogP contribution in [-0.4, -0.2) is 29.6 Å². The Bertz CT molecular complexity index is 921. The lowest BCUT2D eigenvalue weighted by molar-refractivity contribution is -0.118. The summed E-state index contributed by atoms with van der Waals surface area (Å²) < 4.78 is 10.8. The van der Waals surface area contributed by atoms with Crippen LogP contribution in [0.4, 0.5) is 5.69 Å². The number of amides is 1. The Morgan fingerprint density at radius 2 is 2.08 bits per heavy atom. The maximum Gasteiger partial charge on any atom is 0.262 e. The van der Waals surface area contributed by atoms with Crippen LogP contribution in [0.2, 0.25) is 0 Å². The second-order valence-electron chi connectivity index (χ2n) is 5.78. The minimum Gasteiger partial charge on any atom is -0.497 e. The van der Waals surface area contributed by atoms with E-state index in [0.717, 1.165) is 35.2 Å². The first kappa shape index (κ1) is 15.8. The molecule has 0 saturated heterocycles. The van der Waals surface area contributed by atoms with Crippen molar-refractivity contribution >= 4 is 33.1 Å². The summed E-state index contributed by atoms with van der Waals surface area (Å²) in [6.07, 6.45) is 4.76. The zero-order valence-corrected chi connectivity index (χ0v) is 14.6. The number of aromatic nitrogens is 2. The molecular formula is C18H17N3O3S. The minimum absolute atomic E-state index is 0.0945. The van der Waals surface area contributed by atoms with E-state index in [1.165, 1.54) is 16.8 Å². The van der Waals surface area contributed by atoms with Crippen molar-refractivity contribution in [3.63, 3.8) is 0 Å². The first-order valence-corrected chi connectivity index (χ1v) is 8.88. The van der Waals surface area contributed by atoms with E-state index in [9.17, 15) is 4.79 Å². The number of carbonyl (C=O) groups is 1. The summed E-state index contributed by atoms with van der Waals surface area (Å²) >= 11 is 1.70. The molecule has 0 saturated carbocycles. The van der Waals surface area contributed by atoms with Crippen molar-refractivity contribution in [2.45, 2.75) is 19.3 Å². The maximum atomic E-state index is 12.1. The number of rotatable bonds is 5. The van der Waals surface area contributed by atoms with Gasteiger partial charge < -0.3 is 14.8 Å². The second-order valence-corrected chi connectivity index (χ2v) is 6.87. The van der Waals surface area contributed by atoms with Crippen molar-refractivity contribution in [1.29, 1.82) is 0 Å². The number of nitrogens with zero attached hydrogens (tertiary/aromatic N) is 2. The van der Waals surface area contributed by atoms with Gasteiger partial charge in [0.05, 0.1) is 12.5 Å². The van der Waals surface area contributed by atoms with Gasteiger partial charge in [0, 0.05) is 10.6 Å². The monoisotopic (exact) mass is 355 g/mol. The number of hydrogen-bond donors (Lipinski definition) is 1. The molecule has 1 N–H and O–H groups in total. The fourth-order valence-corrected chi connectivity index (χ4v) is 4.23. The average molecular weight is 355 g/mol. The second kappa shape index (κ2) is 6.68. The molecule has 7 heteroatoms. The van der Waals surface area contributed by atoms with Gasteiger partial charge in [0.15, 0.2) is 6.61 Å². The number of fused-ring (bicyclic) bond motifs is 3. The van der Waals surface area contributed by atoms with Crippen LogP contribution in [0.1, 0.15) is 16.9 Å². The summed E-state index contributed by atoms with van der Waals surface area (Å²) in [7, 11) is 1.60. The van der Waals surface area contributed by atoms with Crippen LogP contribution in [-0.2, 0) is 17.6 Å². The maximum absolute atomic E-state index is 12.1. The fourth-order valence-electron chi connectivity index (χ4n) is 3.01. The van der Waals surface area contributed by atoms with Gasteiger partial charge in [-0.3, -0.25) is 4.79 Å². The van der Waals surface area contributed by atoms with Gasteiger partial charge in [0.1, 0.15) is 16.9 Å². The van der Waals surface area contributed by atoms with Crippen LogP contribution in [0, 0.1) is 0 Å². The summed E-state index contributed by atoms with van der Waals surface area (Å²) in [6, 6.07) is 7.15. The molecule has 0 fully saturated rings. The minimum atomic E-state index is -0.233. The summed E-state index contributed by atoms with van der Waals surface area (Å²) in [4.78, 5) is 23.0. The molecule has 0 unspecified atom stereocenters. The summed E-state index contributed by atoms with van der Waals surface area (Å²) in [5.41, 5.74) is 1.98. The van der Waals surface area contributed by atoms with E-state index in [-0.39, 0.29) is 12.5 Å². The van der Waals surface area contributed by atoms with Crippen molar-refractivity contribution in [2.75, 3.05) is 19.0 Å². The van der Waals surface area contributed by atoms with Gasteiger partial charge in [0.25, 0.3) is 5.91 Å². The number of thiophene rings is 1. The topological polar surface area (TPSA) is 73.3 Å². The van der Waals surface area contributed by atoms with Gasteiger partial charge in [0.2, 0.25) is 5.88 Å². The predicted octanol–water partition coefficient (Wildman–Crippen LogP) is 3.21. The number of anilines is 1. The van der Waals surface area contributed by atoms with Crippen molar-refractivity contribution < 1.29 is 14.3 Å². The zero-order chi connectivity index (χ0) is 17.2. The summed E-state index contributed by atoms with van der Waals surface area (Å²) in [6.45, 7) is -0.0945. The van der Waals surface area contributed by atoms with E-state index in [0.29, 0.717) is 11.6 Å². The Morgan fingerprint density at radius 1 is 1.24 bits per heavy atom. The quantitative estimate of drug-likeness (QED) is 0.761. The molecule has 1 aromatic carbocycles. The number of carbonyl (C=O) groups excluding carboxylic acids is 1. The number of benzene rings is 1. The number of ether oxygens (including phenoxy) is 2. The molecule has 2 heterocycles. The summed E-state index contributed by atoms with van der Waals surface area (Å²) in [5.74, 6) is 1.00. The molecule has 0 bridgehead atoms. The predicted molar refractivity (Wildman–Crippen MR) is 96.6 cm³/mol. The van der Waals surface area contributed by atoms with Crippen molar-refractivity contribution in [3.8, 4) is 11.6 Å². The number of aryl methyl sites for hydroxylation is 2. The third-order valence-corrected chi connectivity index (χ3v) is 5.38. The van der Waals surface area contributed by atoms with E-state index >= 15 is 0 Å². The average Bonchev–Trinajstić information content (AvgIpc) is 3.21. The van der Waals surface area contributed by atoms with E-state index in [1.54, 1.807) is 42.7 Å². The SMILES string of the molecule is COc1ccc(NC(=O)COc2ncnc3sc4c(c23)CCC4)cc1. The molecule has 128 valence electrons. The lowest BCUT2D eigenvalue weighted by Gasteiger charge is -2.08. The van der Waals surface area contributed by atoms with Gasteiger partial charge in [-0.25, -0.2) is 9.97 Å². The fraction of sp³-hybridized carbons (Fsp3) is 0.278. The zero-order valence-electron chi connectivity index (χ0n) is 13.7. The normalized spacial score (nSPS) is 12.8. The van der Waals surface area contributed by atoms with E-state index in [1.807, 2.05) is 0 Å². The molecule has 0 atom stereocenters. The van der Waals surface area contributed by atoms with E-state index in [2.05, 4.69) is 15.3 Å². The highest BCUT2D eigenvalue weighted by Gasteiger charge is 2.22. The standard InChI is InChI=1S/C18H17N3O3S/c1-23-12-7-5-11(6-8-12)21-15(22)9-24-17-16-13-3-2-4-14(13)25-18(16)20-10-19-17/h5-8,10H,2-4,9H2,1H3,(H,21,22). The number of hydrogen-bond acceptors (Lipinski definition) is 6. The van der Waals surface area contributed by atoms with Crippen LogP contribution in [0.3, 0.4) is 0 Å². The Hall–Kier alpha value is -2.67. The van der Waals surface area contributed by atoms with Gasteiger partial charge in [-0.2, -0.15) is 0 Å². The highest BCUT2D eigenvalue weighted by atomic mass is 32.1. The Kier molecular flexibility index (Phi) is 4.23. The molecule has 0 spiro atoms. The van der Waals surface area contributed by atoms with Crippen molar-refractivity contribution in [2.24, 2.45) is 0 Å². The molecular weight excluding hydrogens is 338 g/mol. The number of methoxy groups -OCH3 is 1. The van der Waals surface area contributed by atoms with E-state index in [4.69, 9.17) is 9.47 Å². The van der Waals surface area contributed by atoms with Gasteiger partial charge in [-0.1, -0.05) is 0 Å². The smallest absolute Gasteiger partial charge is 0.262 e. The van der Waals surface area contributed by atoms with Gasteiger partial charge in [-0.05, 0) is 49.1 Å². The highest BCUT2D eigenvalue weighted by molar-refractivity contribution is 7.18. The first-order valence-electron chi connectivity index (χ1n) is 8.06. The van der Waals surface area contributed by atoms with Crippen LogP contribution < -0.4 is 14.8 Å². The lowest BCUT2D eigenvalue weighted by atomic mass is 10.2. The van der Waals surface area contributed by atoms with Crippen molar-refractivity contribution in [1.82, 2.24) is 9.97 Å². The summed E-state index contributed by atoms with van der Waals surface area (Å²) in [5, 5.41) is 3.77. The Morgan fingerprint density at radius 3 is 2.88 bits per heavy atom. The van der Waals surface area contributed by atoms with Gasteiger partial charge in [-0.15, -0.1) is 11.3 Å². The number of nitrogens with one attached hydrogen (secondary N) is 1. The van der Waals surface area contributed by atoms with Crippen LogP contribution in [0.25, 0.3) is 10.2 Å². The molecule has 1 amide bonds. The third kappa shape index (κ3) is 3.15. The molecule has 0 radical (unpaired) electrons. The lowest BCUT2D eigenvalue weighted by Crippen LogP contribution is -2.20. The molecule has 0 aliphatic heterocycles.